The summed E-state index contributed by atoms with van der Waals surface area (Å²) in [6.07, 6.45) is 7.56. The predicted octanol–water partition coefficient (Wildman–Crippen LogP) is 1.73. The van der Waals surface area contributed by atoms with Crippen LogP contribution in [0.15, 0.2) is 41.6 Å². The highest BCUT2D eigenvalue weighted by Gasteiger charge is 2.16. The number of carbonyl (C=O) groups excluding carboxylic acids is 1. The normalized spacial score (nSPS) is 11.8. The zero-order chi connectivity index (χ0) is 16.3. The molecule has 0 aliphatic heterocycles. The van der Waals surface area contributed by atoms with Crippen molar-refractivity contribution in [3.8, 4) is 5.75 Å². The number of ether oxygens (including phenoxy) is 1. The topological polar surface area (TPSA) is 78.3 Å². The van der Waals surface area contributed by atoms with Gasteiger partial charge in [-0.2, -0.15) is 5.10 Å². The molecular weight excluding hydrogens is 304 g/mol. The Balaban J connectivity index is 2.29. The fourth-order valence-electron chi connectivity index (χ4n) is 1.92. The third kappa shape index (κ3) is 3.62. The maximum Gasteiger partial charge on any atom is 0.185 e. The number of ketones is 1. The second-order valence-electron chi connectivity index (χ2n) is 4.78. The van der Waals surface area contributed by atoms with E-state index >= 15 is 0 Å². The molecule has 116 valence electrons. The van der Waals surface area contributed by atoms with Crippen LogP contribution < -0.4 is 4.74 Å². The molecule has 0 saturated heterocycles. The van der Waals surface area contributed by atoms with E-state index in [0.717, 1.165) is 11.8 Å². The van der Waals surface area contributed by atoms with E-state index in [2.05, 4.69) is 5.10 Å². The minimum Gasteiger partial charge on any atom is -0.495 e. The van der Waals surface area contributed by atoms with Crippen molar-refractivity contribution in [1.82, 2.24) is 9.78 Å². The Bertz CT molecular complexity index is 835. The Morgan fingerprint density at radius 3 is 2.64 bits per heavy atom. The van der Waals surface area contributed by atoms with Gasteiger partial charge in [0.2, 0.25) is 0 Å². The molecule has 0 radical (unpaired) electrons. The van der Waals surface area contributed by atoms with Gasteiger partial charge in [0.1, 0.15) is 10.6 Å². The first kappa shape index (κ1) is 16.0. The Morgan fingerprint density at radius 1 is 1.36 bits per heavy atom. The maximum absolute atomic E-state index is 12.1. The molecule has 2 aromatic rings. The largest absolute Gasteiger partial charge is 0.495 e. The molecule has 0 unspecified atom stereocenters. The molecule has 0 aliphatic rings. The van der Waals surface area contributed by atoms with Crippen LogP contribution in [0.4, 0.5) is 0 Å². The van der Waals surface area contributed by atoms with Gasteiger partial charge >= 0.3 is 0 Å². The molecule has 0 N–H and O–H groups in total. The summed E-state index contributed by atoms with van der Waals surface area (Å²) in [4.78, 5) is 12.2. The van der Waals surface area contributed by atoms with Gasteiger partial charge in [-0.3, -0.25) is 9.48 Å². The van der Waals surface area contributed by atoms with Gasteiger partial charge in [0, 0.05) is 30.6 Å². The molecular formula is C15H16N2O4S. The summed E-state index contributed by atoms with van der Waals surface area (Å²) >= 11 is 0. The number of carbonyl (C=O) groups is 1. The maximum atomic E-state index is 12.1. The van der Waals surface area contributed by atoms with Crippen LogP contribution in [0.1, 0.15) is 15.9 Å². The molecule has 6 nitrogen and oxygen atoms in total. The third-order valence-corrected chi connectivity index (χ3v) is 4.14. The van der Waals surface area contributed by atoms with Crippen molar-refractivity contribution in [2.45, 2.75) is 4.90 Å². The SMILES string of the molecule is COc1cc(C(=O)/C=C\c2cnn(C)c2)ccc1S(C)(=O)=O. The molecule has 1 aromatic heterocycles. The summed E-state index contributed by atoms with van der Waals surface area (Å²) in [6.45, 7) is 0. The summed E-state index contributed by atoms with van der Waals surface area (Å²) in [7, 11) is -0.255. The fraction of sp³-hybridized carbons (Fsp3) is 0.200. The molecule has 22 heavy (non-hydrogen) atoms. The van der Waals surface area contributed by atoms with Gasteiger partial charge in [0.15, 0.2) is 15.6 Å². The minimum absolute atomic E-state index is 0.0581. The van der Waals surface area contributed by atoms with Gasteiger partial charge in [-0.1, -0.05) is 0 Å². The van der Waals surface area contributed by atoms with Crippen molar-refractivity contribution >= 4 is 21.7 Å². The number of sulfone groups is 1. The molecule has 1 aromatic carbocycles. The Morgan fingerprint density at radius 2 is 2.09 bits per heavy atom. The number of methoxy groups -OCH3 is 1. The molecule has 2 rings (SSSR count). The molecule has 0 fully saturated rings. The Labute approximate surface area is 128 Å². The first-order valence-corrected chi connectivity index (χ1v) is 8.29. The number of aryl methyl sites for hydroxylation is 1. The van der Waals surface area contributed by atoms with Crippen LogP contribution in [0.5, 0.6) is 5.75 Å². The van der Waals surface area contributed by atoms with E-state index in [-0.39, 0.29) is 16.4 Å². The van der Waals surface area contributed by atoms with E-state index < -0.39 is 9.84 Å². The number of allylic oxidation sites excluding steroid dienone is 1. The molecule has 7 heteroatoms. The van der Waals surface area contributed by atoms with Crippen molar-refractivity contribution < 1.29 is 17.9 Å². The lowest BCUT2D eigenvalue weighted by Gasteiger charge is -2.07. The van der Waals surface area contributed by atoms with Crippen LogP contribution in [0, 0.1) is 0 Å². The average Bonchev–Trinajstić information content (AvgIpc) is 2.88. The molecule has 0 amide bonds. The molecule has 0 aliphatic carbocycles. The lowest BCUT2D eigenvalue weighted by Crippen LogP contribution is -2.03. The van der Waals surface area contributed by atoms with Crippen LogP contribution in [0.3, 0.4) is 0 Å². The first-order chi connectivity index (χ1) is 10.3. The van der Waals surface area contributed by atoms with Crippen molar-refractivity contribution in [2.75, 3.05) is 13.4 Å². The fourth-order valence-corrected chi connectivity index (χ4v) is 2.74. The highest BCUT2D eigenvalue weighted by atomic mass is 32.2. The second kappa shape index (κ2) is 6.15. The quantitative estimate of drug-likeness (QED) is 0.619. The number of benzene rings is 1. The standard InChI is InChI=1S/C15H16N2O4S/c1-17-10-11(9-16-17)4-6-13(18)12-5-7-15(22(3,19)20)14(8-12)21-2/h4-10H,1-3H3/b6-4-. The molecule has 0 saturated carbocycles. The van der Waals surface area contributed by atoms with Crippen LogP contribution >= 0.6 is 0 Å². The number of hydrogen-bond acceptors (Lipinski definition) is 5. The number of aromatic nitrogens is 2. The van der Waals surface area contributed by atoms with Crippen molar-refractivity contribution in [3.63, 3.8) is 0 Å². The minimum atomic E-state index is -3.41. The highest BCUT2D eigenvalue weighted by Crippen LogP contribution is 2.25. The summed E-state index contributed by atoms with van der Waals surface area (Å²) in [5.41, 5.74) is 1.15. The van der Waals surface area contributed by atoms with Crippen LogP contribution in [0.2, 0.25) is 0 Å². The van der Waals surface area contributed by atoms with E-state index in [1.54, 1.807) is 30.2 Å². The van der Waals surface area contributed by atoms with Crippen LogP contribution in [-0.4, -0.2) is 37.3 Å². The third-order valence-electron chi connectivity index (χ3n) is 3.00. The Hall–Kier alpha value is -2.41. The van der Waals surface area contributed by atoms with Crippen LogP contribution in [-0.2, 0) is 16.9 Å². The molecule has 0 bridgehead atoms. The molecule has 0 atom stereocenters. The van der Waals surface area contributed by atoms with E-state index in [4.69, 9.17) is 4.74 Å². The van der Waals surface area contributed by atoms with E-state index in [1.807, 2.05) is 0 Å². The summed E-state index contributed by atoms with van der Waals surface area (Å²) in [5.74, 6) is -0.0923. The number of hydrogen-bond donors (Lipinski definition) is 0. The van der Waals surface area contributed by atoms with Crippen molar-refractivity contribution in [2.24, 2.45) is 7.05 Å². The van der Waals surface area contributed by atoms with Gasteiger partial charge in [-0.05, 0) is 30.4 Å². The average molecular weight is 320 g/mol. The van der Waals surface area contributed by atoms with Gasteiger partial charge in [-0.15, -0.1) is 0 Å². The van der Waals surface area contributed by atoms with Gasteiger partial charge in [0.25, 0.3) is 0 Å². The Kier molecular flexibility index (Phi) is 4.46. The summed E-state index contributed by atoms with van der Waals surface area (Å²) in [6, 6.07) is 4.26. The zero-order valence-corrected chi connectivity index (χ0v) is 13.3. The number of nitrogens with zero attached hydrogens (tertiary/aromatic N) is 2. The smallest absolute Gasteiger partial charge is 0.185 e. The van der Waals surface area contributed by atoms with Gasteiger partial charge in [0.05, 0.1) is 13.3 Å². The zero-order valence-electron chi connectivity index (χ0n) is 12.5. The predicted molar refractivity (Wildman–Crippen MR) is 82.7 cm³/mol. The van der Waals surface area contributed by atoms with Crippen LogP contribution in [0.25, 0.3) is 6.08 Å². The highest BCUT2D eigenvalue weighted by molar-refractivity contribution is 7.90. The molecule has 1 heterocycles. The van der Waals surface area contributed by atoms with E-state index in [0.29, 0.717) is 5.56 Å². The van der Waals surface area contributed by atoms with Gasteiger partial charge in [-0.25, -0.2) is 8.42 Å². The molecule has 0 spiro atoms. The van der Waals surface area contributed by atoms with Crippen molar-refractivity contribution in [3.05, 3.63) is 47.8 Å². The van der Waals surface area contributed by atoms with Gasteiger partial charge < -0.3 is 4.74 Å². The lowest BCUT2D eigenvalue weighted by molar-refractivity contribution is 0.104. The summed E-state index contributed by atoms with van der Waals surface area (Å²) in [5, 5.41) is 4.00. The summed E-state index contributed by atoms with van der Waals surface area (Å²) < 4.78 is 29.9. The van der Waals surface area contributed by atoms with Crippen molar-refractivity contribution in [1.29, 1.82) is 0 Å². The van der Waals surface area contributed by atoms with E-state index in [1.165, 1.54) is 31.4 Å². The lowest BCUT2D eigenvalue weighted by atomic mass is 10.1. The van der Waals surface area contributed by atoms with E-state index in [9.17, 15) is 13.2 Å². The number of rotatable bonds is 5. The monoisotopic (exact) mass is 320 g/mol. The first-order valence-electron chi connectivity index (χ1n) is 6.40. The second-order valence-corrected chi connectivity index (χ2v) is 6.77.